The Morgan fingerprint density at radius 2 is 2.15 bits per heavy atom. The van der Waals surface area contributed by atoms with Gasteiger partial charge in [-0.1, -0.05) is 27.5 Å². The van der Waals surface area contributed by atoms with Crippen LogP contribution in [0, 0.1) is 0 Å². The van der Waals surface area contributed by atoms with Gasteiger partial charge in [0.05, 0.1) is 12.5 Å². The van der Waals surface area contributed by atoms with E-state index in [-0.39, 0.29) is 0 Å². The van der Waals surface area contributed by atoms with Gasteiger partial charge in [-0.3, -0.25) is 0 Å². The number of aromatic amines is 1. The maximum Gasteiger partial charge on any atom is 0.144 e. The Morgan fingerprint density at radius 1 is 1.35 bits per heavy atom. The van der Waals surface area contributed by atoms with Crippen molar-refractivity contribution in [3.8, 4) is 16.9 Å². The first-order valence-corrected chi connectivity index (χ1v) is 6.90. The Kier molecular flexibility index (Phi) is 3.27. The molecule has 20 heavy (non-hydrogen) atoms. The van der Waals surface area contributed by atoms with E-state index < -0.39 is 0 Å². The molecule has 3 rings (SSSR count). The van der Waals surface area contributed by atoms with Gasteiger partial charge in [-0.15, -0.1) is 0 Å². The second-order valence-corrected chi connectivity index (χ2v) is 5.37. The first-order chi connectivity index (χ1) is 9.61. The summed E-state index contributed by atoms with van der Waals surface area (Å²) in [7, 11) is 1.61. The Labute approximate surface area is 128 Å². The van der Waals surface area contributed by atoms with Crippen molar-refractivity contribution in [2.24, 2.45) is 0 Å². The Morgan fingerprint density at radius 3 is 2.90 bits per heavy atom. The van der Waals surface area contributed by atoms with Crippen LogP contribution in [0.15, 0.2) is 29.0 Å². The van der Waals surface area contributed by atoms with E-state index in [0.29, 0.717) is 22.0 Å². The third-order valence-corrected chi connectivity index (χ3v) is 3.99. The summed E-state index contributed by atoms with van der Waals surface area (Å²) in [6, 6.07) is 5.63. The summed E-state index contributed by atoms with van der Waals surface area (Å²) in [6.07, 6.45) is 1.40. The molecule has 2 heterocycles. The SMILES string of the molecule is COc1ccc(Br)c(-c2c(Cl)[nH]c3ncnc(N)c23)c1. The fourth-order valence-electron chi connectivity index (χ4n) is 2.09. The van der Waals surface area contributed by atoms with E-state index in [0.717, 1.165) is 21.3 Å². The van der Waals surface area contributed by atoms with Crippen LogP contribution in [0.4, 0.5) is 5.82 Å². The van der Waals surface area contributed by atoms with Gasteiger partial charge in [0.2, 0.25) is 0 Å². The number of halogens is 2. The standard InChI is InChI=1S/C13H10BrClN4O/c1-20-6-2-3-8(14)7(4-6)9-10-12(16)17-5-18-13(10)19-11(9)15/h2-5H,1H3,(H3,16,17,18,19). The highest BCUT2D eigenvalue weighted by Crippen LogP contribution is 2.41. The fourth-order valence-corrected chi connectivity index (χ4v) is 2.82. The number of nitrogen functional groups attached to an aromatic ring is 1. The lowest BCUT2D eigenvalue weighted by Crippen LogP contribution is -1.93. The largest absolute Gasteiger partial charge is 0.497 e. The monoisotopic (exact) mass is 352 g/mol. The topological polar surface area (TPSA) is 76.8 Å². The summed E-state index contributed by atoms with van der Waals surface area (Å²) in [5.41, 5.74) is 8.17. The predicted molar refractivity (Wildman–Crippen MR) is 83.0 cm³/mol. The van der Waals surface area contributed by atoms with Crippen molar-refractivity contribution >= 4 is 44.4 Å². The number of hydrogen-bond donors (Lipinski definition) is 2. The molecule has 0 spiro atoms. The van der Waals surface area contributed by atoms with Crippen LogP contribution >= 0.6 is 27.5 Å². The molecule has 0 aliphatic heterocycles. The van der Waals surface area contributed by atoms with E-state index in [9.17, 15) is 0 Å². The zero-order valence-corrected chi connectivity index (χ0v) is 12.8. The van der Waals surface area contributed by atoms with Crippen LogP contribution in [0.5, 0.6) is 5.75 Å². The van der Waals surface area contributed by atoms with Gasteiger partial charge < -0.3 is 15.5 Å². The highest BCUT2D eigenvalue weighted by atomic mass is 79.9. The van der Waals surface area contributed by atoms with Crippen LogP contribution in [0.1, 0.15) is 0 Å². The smallest absolute Gasteiger partial charge is 0.144 e. The number of rotatable bonds is 2. The van der Waals surface area contributed by atoms with Gasteiger partial charge in [-0.25, -0.2) is 9.97 Å². The van der Waals surface area contributed by atoms with Crippen LogP contribution < -0.4 is 10.5 Å². The number of nitrogens with one attached hydrogen (secondary N) is 1. The van der Waals surface area contributed by atoms with Crippen LogP contribution in [0.25, 0.3) is 22.2 Å². The minimum absolute atomic E-state index is 0.378. The summed E-state index contributed by atoms with van der Waals surface area (Å²) in [6.45, 7) is 0. The van der Waals surface area contributed by atoms with Gasteiger partial charge >= 0.3 is 0 Å². The quantitative estimate of drug-likeness (QED) is 0.737. The number of nitrogens with zero attached hydrogens (tertiary/aromatic N) is 2. The summed E-state index contributed by atoms with van der Waals surface area (Å²) < 4.78 is 6.13. The number of methoxy groups -OCH3 is 1. The lowest BCUT2D eigenvalue weighted by atomic mass is 10.1. The maximum absolute atomic E-state index is 6.30. The van der Waals surface area contributed by atoms with E-state index in [1.165, 1.54) is 6.33 Å². The lowest BCUT2D eigenvalue weighted by Gasteiger charge is -2.08. The van der Waals surface area contributed by atoms with E-state index in [4.69, 9.17) is 22.1 Å². The van der Waals surface area contributed by atoms with Crippen molar-refractivity contribution in [2.45, 2.75) is 0 Å². The first kappa shape index (κ1) is 13.2. The molecular formula is C13H10BrClN4O. The molecule has 0 aliphatic rings. The molecule has 0 atom stereocenters. The van der Waals surface area contributed by atoms with Crippen molar-refractivity contribution in [2.75, 3.05) is 12.8 Å². The molecular weight excluding hydrogens is 344 g/mol. The van der Waals surface area contributed by atoms with Gasteiger partial charge in [0.25, 0.3) is 0 Å². The van der Waals surface area contributed by atoms with Crippen LogP contribution in [0.3, 0.4) is 0 Å². The van der Waals surface area contributed by atoms with Crippen molar-refractivity contribution in [3.63, 3.8) is 0 Å². The molecule has 3 aromatic rings. The van der Waals surface area contributed by atoms with Crippen molar-refractivity contribution < 1.29 is 4.74 Å². The molecule has 0 radical (unpaired) electrons. The molecule has 5 nitrogen and oxygen atoms in total. The maximum atomic E-state index is 6.30. The summed E-state index contributed by atoms with van der Waals surface area (Å²) in [5.74, 6) is 1.10. The second kappa shape index (κ2) is 4.96. The number of aromatic nitrogens is 3. The zero-order chi connectivity index (χ0) is 14.3. The highest BCUT2D eigenvalue weighted by molar-refractivity contribution is 9.10. The normalized spacial score (nSPS) is 10.9. The number of fused-ring (bicyclic) bond motifs is 1. The second-order valence-electron chi connectivity index (χ2n) is 4.14. The molecule has 0 fully saturated rings. The Hall–Kier alpha value is -1.79. The first-order valence-electron chi connectivity index (χ1n) is 5.73. The van der Waals surface area contributed by atoms with Gasteiger partial charge in [0, 0.05) is 15.6 Å². The summed E-state index contributed by atoms with van der Waals surface area (Å²) in [4.78, 5) is 11.2. The van der Waals surface area contributed by atoms with Gasteiger partial charge in [-0.05, 0) is 18.2 Å². The zero-order valence-electron chi connectivity index (χ0n) is 10.4. The van der Waals surface area contributed by atoms with E-state index in [2.05, 4.69) is 30.9 Å². The average molecular weight is 354 g/mol. The molecule has 0 saturated carbocycles. The van der Waals surface area contributed by atoms with Gasteiger partial charge in [0.1, 0.15) is 28.7 Å². The molecule has 2 aromatic heterocycles. The molecule has 0 bridgehead atoms. The Bertz CT molecular complexity index is 802. The number of benzene rings is 1. The molecule has 102 valence electrons. The third kappa shape index (κ3) is 2.01. The molecule has 0 saturated heterocycles. The third-order valence-electron chi connectivity index (χ3n) is 3.02. The van der Waals surface area contributed by atoms with Crippen molar-refractivity contribution in [1.82, 2.24) is 15.0 Å². The Balaban J connectivity index is 2.37. The highest BCUT2D eigenvalue weighted by Gasteiger charge is 2.18. The molecule has 0 amide bonds. The average Bonchev–Trinajstić information content (AvgIpc) is 2.77. The number of hydrogen-bond acceptors (Lipinski definition) is 4. The van der Waals surface area contributed by atoms with Crippen molar-refractivity contribution in [3.05, 3.63) is 34.2 Å². The van der Waals surface area contributed by atoms with Crippen molar-refractivity contribution in [1.29, 1.82) is 0 Å². The number of anilines is 1. The van der Waals surface area contributed by atoms with Gasteiger partial charge in [0.15, 0.2) is 0 Å². The predicted octanol–water partition coefficient (Wildman–Crippen LogP) is 3.63. The molecule has 7 heteroatoms. The molecule has 1 aromatic carbocycles. The van der Waals surface area contributed by atoms with Crippen LogP contribution in [-0.4, -0.2) is 22.1 Å². The molecule has 3 N–H and O–H groups in total. The van der Waals surface area contributed by atoms with E-state index in [1.54, 1.807) is 7.11 Å². The number of H-pyrrole nitrogens is 1. The van der Waals surface area contributed by atoms with E-state index >= 15 is 0 Å². The van der Waals surface area contributed by atoms with Crippen LogP contribution in [0.2, 0.25) is 5.15 Å². The minimum Gasteiger partial charge on any atom is -0.497 e. The van der Waals surface area contributed by atoms with E-state index in [1.807, 2.05) is 18.2 Å². The number of nitrogens with two attached hydrogens (primary N) is 1. The minimum atomic E-state index is 0.378. The van der Waals surface area contributed by atoms with Gasteiger partial charge in [-0.2, -0.15) is 0 Å². The summed E-state index contributed by atoms with van der Waals surface area (Å²) >= 11 is 9.82. The lowest BCUT2D eigenvalue weighted by molar-refractivity contribution is 0.415. The molecule has 0 aliphatic carbocycles. The summed E-state index contributed by atoms with van der Waals surface area (Å²) in [5, 5.41) is 1.16. The van der Waals surface area contributed by atoms with Crippen LogP contribution in [-0.2, 0) is 0 Å². The number of ether oxygens (including phenoxy) is 1. The molecule has 0 unspecified atom stereocenters. The fraction of sp³-hybridized carbons (Fsp3) is 0.0769.